The molecule has 0 amide bonds. The highest BCUT2D eigenvalue weighted by Gasteiger charge is 2.41. The molecule has 0 N–H and O–H groups in total. The van der Waals surface area contributed by atoms with Crippen LogP contribution in [0.15, 0.2) is 182 Å². The van der Waals surface area contributed by atoms with Crippen molar-refractivity contribution in [1.82, 2.24) is 4.57 Å². The van der Waals surface area contributed by atoms with Gasteiger partial charge >= 0.3 is 0 Å². The topological polar surface area (TPSA) is 28.7 Å². The van der Waals surface area contributed by atoms with Gasteiger partial charge in [-0.1, -0.05) is 146 Å². The standard InChI is InChI=1S/C43H30N2Si/c44-31-32-28-34(33-24-26-35(27-25-33)45-42-22-12-10-20-40(42)41-21-11-13-23-43(41)45)30-39(29-32)46(36-14-4-1-5-15-36,37-16-6-2-7-17-37)38-18-8-3-9-19-38/h1-30H. The molecule has 1 aromatic heterocycles. The molecule has 0 saturated heterocycles. The number of nitriles is 1. The predicted octanol–water partition coefficient (Wildman–Crippen LogP) is 7.70. The minimum Gasteiger partial charge on any atom is -0.309 e. The molecule has 0 unspecified atom stereocenters. The van der Waals surface area contributed by atoms with Gasteiger partial charge in [-0.3, -0.25) is 0 Å². The van der Waals surface area contributed by atoms with Crippen molar-refractivity contribution in [3.63, 3.8) is 0 Å². The van der Waals surface area contributed by atoms with Gasteiger partial charge in [0.15, 0.2) is 8.07 Å². The van der Waals surface area contributed by atoms with E-state index < -0.39 is 8.07 Å². The molecule has 8 rings (SSSR count). The van der Waals surface area contributed by atoms with E-state index in [1.54, 1.807) is 0 Å². The molecule has 3 heteroatoms. The highest BCUT2D eigenvalue weighted by molar-refractivity contribution is 7.19. The third-order valence-corrected chi connectivity index (χ3v) is 13.9. The maximum absolute atomic E-state index is 10.3. The Kier molecular flexibility index (Phi) is 6.91. The SMILES string of the molecule is N#Cc1cc(-c2ccc(-n3c4ccccc4c4ccccc43)cc2)cc([Si](c2ccccc2)(c2ccccc2)c2ccccc2)c1. The Bertz CT molecular complexity index is 2200. The Hall–Kier alpha value is -5.95. The van der Waals surface area contributed by atoms with Crippen LogP contribution in [0.25, 0.3) is 38.6 Å². The molecule has 0 aliphatic rings. The van der Waals surface area contributed by atoms with Gasteiger partial charge in [0.2, 0.25) is 0 Å². The maximum atomic E-state index is 10.3. The number of fused-ring (bicyclic) bond motifs is 3. The fourth-order valence-corrected chi connectivity index (χ4v) is 12.0. The lowest BCUT2D eigenvalue weighted by Crippen LogP contribution is -2.74. The molecule has 0 aliphatic carbocycles. The molecule has 0 fully saturated rings. The number of rotatable bonds is 6. The zero-order chi connectivity index (χ0) is 30.9. The molecule has 0 saturated carbocycles. The molecular formula is C43H30N2Si. The lowest BCUT2D eigenvalue weighted by atomic mass is 10.0. The minimum absolute atomic E-state index is 0.665. The Morgan fingerprint density at radius 1 is 0.413 bits per heavy atom. The monoisotopic (exact) mass is 602 g/mol. The molecule has 0 atom stereocenters. The van der Waals surface area contributed by atoms with Gasteiger partial charge in [0.1, 0.15) is 0 Å². The van der Waals surface area contributed by atoms with Crippen LogP contribution in [0.5, 0.6) is 0 Å². The first-order valence-corrected chi connectivity index (χ1v) is 17.6. The second kappa shape index (κ2) is 11.5. The van der Waals surface area contributed by atoms with E-state index in [0.717, 1.165) is 16.8 Å². The van der Waals surface area contributed by atoms with Crippen molar-refractivity contribution in [2.24, 2.45) is 0 Å². The average molecular weight is 603 g/mol. The van der Waals surface area contributed by atoms with Crippen LogP contribution in [0.2, 0.25) is 0 Å². The van der Waals surface area contributed by atoms with Crippen LogP contribution in [0.4, 0.5) is 0 Å². The molecule has 0 aliphatic heterocycles. The first kappa shape index (κ1) is 27.6. The van der Waals surface area contributed by atoms with Gasteiger partial charge in [-0.15, -0.1) is 0 Å². The first-order chi connectivity index (χ1) is 22.8. The maximum Gasteiger partial charge on any atom is 0.179 e. The lowest BCUT2D eigenvalue weighted by molar-refractivity contribution is 1.18. The van der Waals surface area contributed by atoms with E-state index in [9.17, 15) is 5.26 Å². The summed E-state index contributed by atoms with van der Waals surface area (Å²) in [4.78, 5) is 0. The van der Waals surface area contributed by atoms with Crippen LogP contribution in [0, 0.1) is 11.3 Å². The van der Waals surface area contributed by atoms with Gasteiger partial charge in [0.25, 0.3) is 0 Å². The fourth-order valence-electron chi connectivity index (χ4n) is 7.14. The average Bonchev–Trinajstić information content (AvgIpc) is 3.48. The van der Waals surface area contributed by atoms with Crippen molar-refractivity contribution in [2.45, 2.75) is 0 Å². The second-order valence-corrected chi connectivity index (χ2v) is 15.5. The van der Waals surface area contributed by atoms with Crippen molar-refractivity contribution in [3.8, 4) is 22.9 Å². The highest BCUT2D eigenvalue weighted by Crippen LogP contribution is 2.32. The van der Waals surface area contributed by atoms with Crippen molar-refractivity contribution < 1.29 is 0 Å². The molecule has 7 aromatic carbocycles. The summed E-state index contributed by atoms with van der Waals surface area (Å²) in [5.41, 5.74) is 6.28. The van der Waals surface area contributed by atoms with Crippen LogP contribution in [-0.2, 0) is 0 Å². The fraction of sp³-hybridized carbons (Fsp3) is 0. The van der Waals surface area contributed by atoms with E-state index in [1.807, 2.05) is 6.07 Å². The summed E-state index contributed by atoms with van der Waals surface area (Å²) >= 11 is 0. The summed E-state index contributed by atoms with van der Waals surface area (Å²) < 4.78 is 2.34. The number of para-hydroxylation sites is 2. The van der Waals surface area contributed by atoms with Crippen LogP contribution in [0.1, 0.15) is 5.56 Å². The van der Waals surface area contributed by atoms with Crippen molar-refractivity contribution in [1.29, 1.82) is 5.26 Å². The Morgan fingerprint density at radius 2 is 0.870 bits per heavy atom. The molecule has 46 heavy (non-hydrogen) atoms. The molecule has 0 radical (unpaired) electrons. The summed E-state index contributed by atoms with van der Waals surface area (Å²) in [6, 6.07) is 67.5. The number of benzene rings is 7. The van der Waals surface area contributed by atoms with Gasteiger partial charge in [-0.2, -0.15) is 5.26 Å². The molecule has 0 bridgehead atoms. The Morgan fingerprint density at radius 3 is 1.35 bits per heavy atom. The van der Waals surface area contributed by atoms with E-state index in [0.29, 0.717) is 5.56 Å². The second-order valence-electron chi connectivity index (χ2n) is 11.7. The third kappa shape index (κ3) is 4.47. The Labute approximate surface area is 270 Å². The number of aromatic nitrogens is 1. The van der Waals surface area contributed by atoms with Gasteiger partial charge in [-0.25, -0.2) is 0 Å². The number of nitrogens with zero attached hydrogens (tertiary/aromatic N) is 2. The summed E-state index contributed by atoms with van der Waals surface area (Å²) in [6.45, 7) is 0. The van der Waals surface area contributed by atoms with Gasteiger partial charge in [-0.05, 0) is 68.3 Å². The van der Waals surface area contributed by atoms with Crippen molar-refractivity contribution in [2.75, 3.05) is 0 Å². The van der Waals surface area contributed by atoms with Crippen LogP contribution in [-0.4, -0.2) is 12.6 Å². The quantitative estimate of drug-likeness (QED) is 0.142. The van der Waals surface area contributed by atoms with Gasteiger partial charge in [0, 0.05) is 16.5 Å². The highest BCUT2D eigenvalue weighted by atomic mass is 28.3. The zero-order valence-electron chi connectivity index (χ0n) is 25.2. The molecule has 216 valence electrons. The molecule has 8 aromatic rings. The number of hydrogen-bond donors (Lipinski definition) is 0. The van der Waals surface area contributed by atoms with Crippen molar-refractivity contribution >= 4 is 50.6 Å². The zero-order valence-corrected chi connectivity index (χ0v) is 26.2. The summed E-state index contributed by atoms with van der Waals surface area (Å²) in [5, 5.41) is 17.9. The van der Waals surface area contributed by atoms with Crippen LogP contribution < -0.4 is 20.7 Å². The smallest absolute Gasteiger partial charge is 0.179 e. The Balaban J connectivity index is 1.33. The normalized spacial score (nSPS) is 11.5. The summed E-state index contributed by atoms with van der Waals surface area (Å²) in [7, 11) is -2.78. The van der Waals surface area contributed by atoms with Crippen LogP contribution >= 0.6 is 0 Å². The predicted molar refractivity (Wildman–Crippen MR) is 195 cm³/mol. The van der Waals surface area contributed by atoms with Gasteiger partial charge < -0.3 is 4.57 Å². The van der Waals surface area contributed by atoms with Gasteiger partial charge in [0.05, 0.1) is 22.7 Å². The molecule has 1 heterocycles. The third-order valence-electron chi connectivity index (χ3n) is 9.15. The van der Waals surface area contributed by atoms with Crippen molar-refractivity contribution in [3.05, 3.63) is 188 Å². The number of hydrogen-bond acceptors (Lipinski definition) is 1. The minimum atomic E-state index is -2.78. The van der Waals surface area contributed by atoms with E-state index >= 15 is 0 Å². The largest absolute Gasteiger partial charge is 0.309 e. The summed E-state index contributed by atoms with van der Waals surface area (Å²) in [6.07, 6.45) is 0. The molecule has 2 nitrogen and oxygen atoms in total. The first-order valence-electron chi connectivity index (χ1n) is 15.6. The molecular weight excluding hydrogens is 573 g/mol. The van der Waals surface area contributed by atoms with E-state index in [-0.39, 0.29) is 0 Å². The van der Waals surface area contributed by atoms with E-state index in [4.69, 9.17) is 0 Å². The van der Waals surface area contributed by atoms with Crippen LogP contribution in [0.3, 0.4) is 0 Å². The van der Waals surface area contributed by atoms with E-state index in [2.05, 4.69) is 187 Å². The molecule has 0 spiro atoms. The summed E-state index contributed by atoms with van der Waals surface area (Å²) in [5.74, 6) is 0. The lowest BCUT2D eigenvalue weighted by Gasteiger charge is -2.34. The van der Waals surface area contributed by atoms with E-state index in [1.165, 1.54) is 42.6 Å².